The van der Waals surface area contributed by atoms with Gasteiger partial charge in [0, 0.05) is 5.75 Å². The quantitative estimate of drug-likeness (QED) is 0.0343. The molecule has 0 aliphatic heterocycles. The third-order valence-electron chi connectivity index (χ3n) is 6.88. The second-order valence-corrected chi connectivity index (χ2v) is 10.9. The molecular formula is C27H56N10O5S. The molecule has 43 heavy (non-hydrogen) atoms. The first-order chi connectivity index (χ1) is 20.6. The smallest absolute Gasteiger partial charge is 0.243 e. The highest BCUT2D eigenvalue weighted by Crippen LogP contribution is 2.09. The van der Waals surface area contributed by atoms with Crippen molar-refractivity contribution in [2.24, 2.45) is 34.4 Å². The molecule has 0 aliphatic carbocycles. The Bertz CT molecular complexity index is 838. The van der Waals surface area contributed by atoms with Crippen molar-refractivity contribution in [2.75, 3.05) is 31.9 Å². The molecule has 0 saturated heterocycles. The number of hydrogen-bond donors (Lipinski definition) is 11. The molecule has 5 atom stereocenters. The van der Waals surface area contributed by atoms with E-state index in [0.717, 1.165) is 0 Å². The highest BCUT2D eigenvalue weighted by atomic mass is 32.1. The minimum Gasteiger partial charge on any atom is -0.368 e. The summed E-state index contributed by atoms with van der Waals surface area (Å²) in [5, 5.41) is 10.8. The molecule has 0 saturated carbocycles. The molecule has 0 spiro atoms. The van der Waals surface area contributed by atoms with Crippen molar-refractivity contribution < 1.29 is 24.0 Å². The fourth-order valence-corrected chi connectivity index (χ4v) is 4.41. The number of hydrogen-bond acceptors (Lipinski definition) is 11. The van der Waals surface area contributed by atoms with Crippen LogP contribution in [-0.4, -0.2) is 91.7 Å². The van der Waals surface area contributed by atoms with Crippen molar-refractivity contribution in [1.82, 2.24) is 21.3 Å². The van der Waals surface area contributed by atoms with Crippen LogP contribution in [0.1, 0.15) is 77.0 Å². The molecule has 16 N–H and O–H groups in total. The van der Waals surface area contributed by atoms with Gasteiger partial charge in [-0.05, 0) is 103 Å². The van der Waals surface area contributed by atoms with Gasteiger partial charge in [-0.3, -0.25) is 24.0 Å². The van der Waals surface area contributed by atoms with Crippen LogP contribution in [0.4, 0.5) is 0 Å². The molecule has 250 valence electrons. The van der Waals surface area contributed by atoms with Gasteiger partial charge in [-0.2, -0.15) is 12.6 Å². The third kappa shape index (κ3) is 18.0. The normalized spacial score (nSPS) is 14.6. The maximum absolute atomic E-state index is 13.5. The molecule has 0 radical (unpaired) electrons. The van der Waals surface area contributed by atoms with Crippen molar-refractivity contribution in [3.8, 4) is 0 Å². The molecule has 0 aromatic carbocycles. The van der Waals surface area contributed by atoms with E-state index in [0.29, 0.717) is 84.0 Å². The van der Waals surface area contributed by atoms with Gasteiger partial charge in [0.25, 0.3) is 0 Å². The van der Waals surface area contributed by atoms with Crippen molar-refractivity contribution >= 4 is 42.2 Å². The largest absolute Gasteiger partial charge is 0.368 e. The number of carbonyl (C=O) groups is 5. The molecule has 0 heterocycles. The molecule has 0 aromatic heterocycles. The van der Waals surface area contributed by atoms with E-state index in [1.54, 1.807) is 0 Å². The third-order valence-corrected chi connectivity index (χ3v) is 7.27. The topological polar surface area (TPSA) is 290 Å². The molecule has 16 heteroatoms. The van der Waals surface area contributed by atoms with Crippen molar-refractivity contribution in [1.29, 1.82) is 0 Å². The lowest BCUT2D eigenvalue weighted by atomic mass is 10.0. The van der Waals surface area contributed by atoms with Gasteiger partial charge in [0.15, 0.2) is 0 Å². The lowest BCUT2D eigenvalue weighted by molar-refractivity contribution is -0.134. The van der Waals surface area contributed by atoms with Crippen molar-refractivity contribution in [3.05, 3.63) is 0 Å². The van der Waals surface area contributed by atoms with Gasteiger partial charge in [-0.25, -0.2) is 0 Å². The zero-order chi connectivity index (χ0) is 32.6. The summed E-state index contributed by atoms with van der Waals surface area (Å²) in [6.07, 6.45) is 5.83. The van der Waals surface area contributed by atoms with Crippen LogP contribution in [0.5, 0.6) is 0 Å². The molecule has 0 unspecified atom stereocenters. The van der Waals surface area contributed by atoms with Crippen molar-refractivity contribution in [2.45, 2.75) is 107 Å². The van der Waals surface area contributed by atoms with E-state index < -0.39 is 59.7 Å². The highest BCUT2D eigenvalue weighted by molar-refractivity contribution is 7.80. The zero-order valence-corrected chi connectivity index (χ0v) is 26.3. The van der Waals surface area contributed by atoms with Gasteiger partial charge in [0.05, 0.1) is 6.04 Å². The number of nitrogens with one attached hydrogen (secondary N) is 4. The monoisotopic (exact) mass is 632 g/mol. The van der Waals surface area contributed by atoms with E-state index in [1.807, 2.05) is 0 Å². The van der Waals surface area contributed by atoms with Crippen LogP contribution in [0.2, 0.25) is 0 Å². The van der Waals surface area contributed by atoms with Gasteiger partial charge < -0.3 is 55.7 Å². The fourth-order valence-electron chi connectivity index (χ4n) is 4.24. The Hall–Kier alpha value is -2.50. The number of unbranched alkanes of at least 4 members (excludes halogenated alkanes) is 4. The van der Waals surface area contributed by atoms with E-state index in [4.69, 9.17) is 34.4 Å². The van der Waals surface area contributed by atoms with Crippen LogP contribution >= 0.6 is 12.6 Å². The average molecular weight is 633 g/mol. The number of rotatable bonds is 26. The Balaban J connectivity index is 5.85. The molecule has 0 bridgehead atoms. The molecular weight excluding hydrogens is 576 g/mol. The number of primary amides is 1. The molecule has 0 fully saturated rings. The minimum atomic E-state index is -1.02. The second-order valence-electron chi connectivity index (χ2n) is 10.6. The summed E-state index contributed by atoms with van der Waals surface area (Å²) in [5.74, 6) is -2.87. The van der Waals surface area contributed by atoms with E-state index in [9.17, 15) is 24.0 Å². The first kappa shape index (κ1) is 40.5. The van der Waals surface area contributed by atoms with Crippen molar-refractivity contribution in [3.63, 3.8) is 0 Å². The molecule has 15 nitrogen and oxygen atoms in total. The molecule has 5 amide bonds. The Morgan fingerprint density at radius 3 is 1.05 bits per heavy atom. The van der Waals surface area contributed by atoms with E-state index in [2.05, 4.69) is 33.9 Å². The fraction of sp³-hybridized carbons (Fsp3) is 0.815. The number of thiol groups is 1. The van der Waals surface area contributed by atoms with Gasteiger partial charge in [0.2, 0.25) is 29.5 Å². The van der Waals surface area contributed by atoms with E-state index in [1.165, 1.54) is 0 Å². The Labute approximate surface area is 260 Å². The lowest BCUT2D eigenvalue weighted by Crippen LogP contribution is -2.58. The number of carbonyl (C=O) groups excluding carboxylic acids is 5. The summed E-state index contributed by atoms with van der Waals surface area (Å²) in [6, 6.07) is -4.81. The standard InChI is InChI=1S/C27H56N10O5S/c28-13-5-1-9-19(23(33)38)34-25(40)21(11-3-7-15-30)36-27(42)22(12-4-8-16-31)37-26(41)20(10-2-6-14-29)35-24(39)18(32)17-43/h18-22,43H,1-17,28-32H2,(H2,33,38)(H,34,40)(H,35,39)(H,36,42)(H,37,41)/t18-,19-,20-,21-,22-/m0/s1. The predicted molar refractivity (Wildman–Crippen MR) is 170 cm³/mol. The van der Waals surface area contributed by atoms with Crippen LogP contribution < -0.4 is 55.7 Å². The molecule has 0 rings (SSSR count). The lowest BCUT2D eigenvalue weighted by Gasteiger charge is -2.26. The summed E-state index contributed by atoms with van der Waals surface area (Å²) in [5.41, 5.74) is 33.6. The van der Waals surface area contributed by atoms with Gasteiger partial charge >= 0.3 is 0 Å². The van der Waals surface area contributed by atoms with Crippen LogP contribution in [0.3, 0.4) is 0 Å². The molecule has 0 aromatic rings. The summed E-state index contributed by atoms with van der Waals surface area (Å²) in [7, 11) is 0. The predicted octanol–water partition coefficient (Wildman–Crippen LogP) is -2.82. The van der Waals surface area contributed by atoms with Gasteiger partial charge in [0.1, 0.15) is 24.2 Å². The first-order valence-corrected chi connectivity index (χ1v) is 15.9. The van der Waals surface area contributed by atoms with Crippen LogP contribution in [0, 0.1) is 0 Å². The summed E-state index contributed by atoms with van der Waals surface area (Å²) >= 11 is 4.04. The minimum absolute atomic E-state index is 0.0876. The average Bonchev–Trinajstić information content (AvgIpc) is 2.98. The first-order valence-electron chi connectivity index (χ1n) is 15.2. The summed E-state index contributed by atoms with van der Waals surface area (Å²) in [4.78, 5) is 64.5. The summed E-state index contributed by atoms with van der Waals surface area (Å²) < 4.78 is 0. The molecule has 0 aliphatic rings. The summed E-state index contributed by atoms with van der Waals surface area (Å²) in [6.45, 7) is 1.65. The van der Waals surface area contributed by atoms with E-state index >= 15 is 0 Å². The van der Waals surface area contributed by atoms with Gasteiger partial charge in [-0.15, -0.1) is 0 Å². The van der Waals surface area contributed by atoms with Gasteiger partial charge in [-0.1, -0.05) is 0 Å². The SMILES string of the molecule is NCCCC[C@H](NC(=O)[C@H](CCCCN)NC(=O)[C@H](CCCCN)NC(=O)[C@H](CCCCN)NC(=O)[C@@H](N)CS)C(N)=O. The van der Waals surface area contributed by atoms with Crippen LogP contribution in [-0.2, 0) is 24.0 Å². The second kappa shape index (κ2) is 24.9. The Morgan fingerprint density at radius 1 is 0.488 bits per heavy atom. The van der Waals surface area contributed by atoms with Crippen LogP contribution in [0.25, 0.3) is 0 Å². The zero-order valence-electron chi connectivity index (χ0n) is 25.4. The van der Waals surface area contributed by atoms with Crippen LogP contribution in [0.15, 0.2) is 0 Å². The Kier molecular flexibility index (Phi) is 23.4. The maximum Gasteiger partial charge on any atom is 0.243 e. The Morgan fingerprint density at radius 2 is 0.767 bits per heavy atom. The number of amides is 5. The maximum atomic E-state index is 13.5. The highest BCUT2D eigenvalue weighted by Gasteiger charge is 2.31. The number of nitrogens with two attached hydrogens (primary N) is 6. The van der Waals surface area contributed by atoms with E-state index in [-0.39, 0.29) is 25.0 Å².